The van der Waals surface area contributed by atoms with E-state index < -0.39 is 0 Å². The number of carbonyl (C=O) groups is 1. The molecule has 0 atom stereocenters. The average Bonchev–Trinajstić information content (AvgIpc) is 2.59. The molecule has 1 aliphatic rings. The zero-order valence-corrected chi connectivity index (χ0v) is 13.2. The van der Waals surface area contributed by atoms with Crippen LogP contribution in [0.5, 0.6) is 0 Å². The number of nitriles is 1. The van der Waals surface area contributed by atoms with Crippen LogP contribution in [0.25, 0.3) is 5.70 Å². The molecule has 0 bridgehead atoms. The summed E-state index contributed by atoms with van der Waals surface area (Å²) in [5, 5.41) is 12.4. The summed E-state index contributed by atoms with van der Waals surface area (Å²) in [6, 6.07) is 3.90. The van der Waals surface area contributed by atoms with Gasteiger partial charge in [-0.2, -0.15) is 5.26 Å². The van der Waals surface area contributed by atoms with Crippen molar-refractivity contribution in [2.75, 3.05) is 25.5 Å². The van der Waals surface area contributed by atoms with Crippen molar-refractivity contribution in [2.24, 2.45) is 5.92 Å². The Hall–Kier alpha value is -2.35. The number of carbonyl (C=O) groups excluding carboxylic acids is 1. The molecule has 1 fully saturated rings. The molecule has 22 heavy (non-hydrogen) atoms. The summed E-state index contributed by atoms with van der Waals surface area (Å²) in [6.07, 6.45) is 7.43. The van der Waals surface area contributed by atoms with Gasteiger partial charge in [0.15, 0.2) is 6.29 Å². The lowest BCUT2D eigenvalue weighted by Crippen LogP contribution is -2.33. The van der Waals surface area contributed by atoms with E-state index in [1.165, 1.54) is 6.42 Å². The molecule has 0 aliphatic carbocycles. The molecule has 1 saturated heterocycles. The Morgan fingerprint density at radius 3 is 2.82 bits per heavy atom. The molecule has 5 heteroatoms. The Morgan fingerprint density at radius 1 is 1.55 bits per heavy atom. The van der Waals surface area contributed by atoms with Crippen LogP contribution in [-0.4, -0.2) is 36.3 Å². The SMILES string of the molecule is CCC1CCN(/C(=C(\C#N)C=O)c2ccncc2NC)CC1. The molecule has 5 nitrogen and oxygen atoms in total. The summed E-state index contributed by atoms with van der Waals surface area (Å²) in [4.78, 5) is 17.6. The fourth-order valence-corrected chi connectivity index (χ4v) is 2.99. The third-order valence-electron chi connectivity index (χ3n) is 4.35. The van der Waals surface area contributed by atoms with Gasteiger partial charge in [-0.25, -0.2) is 0 Å². The van der Waals surface area contributed by atoms with Gasteiger partial charge < -0.3 is 10.2 Å². The first-order chi connectivity index (χ1) is 10.7. The van der Waals surface area contributed by atoms with Crippen molar-refractivity contribution in [3.05, 3.63) is 29.6 Å². The second kappa shape index (κ2) is 7.60. The van der Waals surface area contributed by atoms with Crippen LogP contribution in [0.3, 0.4) is 0 Å². The lowest BCUT2D eigenvalue weighted by atomic mass is 9.93. The summed E-state index contributed by atoms with van der Waals surface area (Å²) < 4.78 is 0. The Balaban J connectivity index is 2.44. The van der Waals surface area contributed by atoms with Crippen LogP contribution in [0.4, 0.5) is 5.69 Å². The first kappa shape index (κ1) is 16.0. The van der Waals surface area contributed by atoms with E-state index in [-0.39, 0.29) is 5.57 Å². The number of nitrogens with zero attached hydrogens (tertiary/aromatic N) is 3. The van der Waals surface area contributed by atoms with Crippen LogP contribution < -0.4 is 5.32 Å². The minimum absolute atomic E-state index is 0.178. The zero-order valence-electron chi connectivity index (χ0n) is 13.2. The quantitative estimate of drug-likeness (QED) is 0.514. The fourth-order valence-electron chi connectivity index (χ4n) is 2.99. The van der Waals surface area contributed by atoms with E-state index in [0.29, 0.717) is 6.29 Å². The Bertz CT molecular complexity index is 595. The molecule has 0 aromatic carbocycles. The summed E-state index contributed by atoms with van der Waals surface area (Å²) in [5.41, 5.74) is 2.58. The number of rotatable bonds is 5. The van der Waals surface area contributed by atoms with Gasteiger partial charge in [-0.05, 0) is 24.8 Å². The standard InChI is InChI=1S/C17H22N4O/c1-3-13-5-8-21(9-6-13)17(14(10-18)12-22)15-4-7-20-11-16(15)19-2/h4,7,11-13,19H,3,5-6,8-9H2,1-2H3/b17-14+. The van der Waals surface area contributed by atoms with Crippen molar-refractivity contribution >= 4 is 17.7 Å². The molecule has 2 rings (SSSR count). The third kappa shape index (κ3) is 3.28. The number of anilines is 1. The molecule has 1 aliphatic heterocycles. The van der Waals surface area contributed by atoms with Crippen molar-refractivity contribution < 1.29 is 4.79 Å². The van der Waals surface area contributed by atoms with Gasteiger partial charge in [0.1, 0.15) is 11.6 Å². The van der Waals surface area contributed by atoms with Crippen molar-refractivity contribution in [3.8, 4) is 6.07 Å². The normalized spacial score (nSPS) is 16.7. The average molecular weight is 298 g/mol. The first-order valence-corrected chi connectivity index (χ1v) is 7.71. The van der Waals surface area contributed by atoms with Gasteiger partial charge in [-0.15, -0.1) is 0 Å². The number of likely N-dealkylation sites (tertiary alicyclic amines) is 1. The van der Waals surface area contributed by atoms with Crippen molar-refractivity contribution in [1.82, 2.24) is 9.88 Å². The molecule has 1 N–H and O–H groups in total. The fraction of sp³-hybridized carbons (Fsp3) is 0.471. The molecule has 0 spiro atoms. The number of hydrogen-bond donors (Lipinski definition) is 1. The van der Waals surface area contributed by atoms with E-state index in [1.807, 2.05) is 19.2 Å². The molecule has 0 amide bonds. The number of aromatic nitrogens is 1. The molecule has 1 aromatic rings. The van der Waals surface area contributed by atoms with Crippen LogP contribution >= 0.6 is 0 Å². The van der Waals surface area contributed by atoms with Crippen LogP contribution in [0, 0.1) is 17.2 Å². The minimum atomic E-state index is 0.178. The Kier molecular flexibility index (Phi) is 5.54. The maximum absolute atomic E-state index is 11.4. The topological polar surface area (TPSA) is 69.0 Å². The van der Waals surface area contributed by atoms with Crippen molar-refractivity contribution in [3.63, 3.8) is 0 Å². The first-order valence-electron chi connectivity index (χ1n) is 7.71. The molecule has 116 valence electrons. The number of piperidine rings is 1. The number of nitrogens with one attached hydrogen (secondary N) is 1. The van der Waals surface area contributed by atoms with E-state index in [9.17, 15) is 10.1 Å². The largest absolute Gasteiger partial charge is 0.386 e. The maximum Gasteiger partial charge on any atom is 0.162 e. The van der Waals surface area contributed by atoms with Gasteiger partial charge in [0, 0.05) is 31.9 Å². The summed E-state index contributed by atoms with van der Waals surface area (Å²) in [5.74, 6) is 0.737. The lowest BCUT2D eigenvalue weighted by Gasteiger charge is -2.35. The van der Waals surface area contributed by atoms with Gasteiger partial charge in [0.25, 0.3) is 0 Å². The van der Waals surface area contributed by atoms with E-state index in [4.69, 9.17) is 0 Å². The van der Waals surface area contributed by atoms with E-state index in [0.717, 1.165) is 48.8 Å². The van der Waals surface area contributed by atoms with Crippen molar-refractivity contribution in [1.29, 1.82) is 5.26 Å². The van der Waals surface area contributed by atoms with Gasteiger partial charge in [0.05, 0.1) is 17.6 Å². The molecule has 0 saturated carbocycles. The third-order valence-corrected chi connectivity index (χ3v) is 4.35. The highest BCUT2D eigenvalue weighted by molar-refractivity contribution is 5.94. The number of aldehydes is 1. The monoisotopic (exact) mass is 298 g/mol. The zero-order chi connectivity index (χ0) is 15.9. The molecule has 2 heterocycles. The number of allylic oxidation sites excluding steroid dienone is 1. The van der Waals surface area contributed by atoms with Crippen LogP contribution in [0.1, 0.15) is 31.7 Å². The van der Waals surface area contributed by atoms with Gasteiger partial charge in [-0.3, -0.25) is 9.78 Å². The second-order valence-electron chi connectivity index (χ2n) is 5.50. The van der Waals surface area contributed by atoms with Crippen LogP contribution in [-0.2, 0) is 4.79 Å². The molecular weight excluding hydrogens is 276 g/mol. The highest BCUT2D eigenvalue weighted by Gasteiger charge is 2.24. The predicted molar refractivity (Wildman–Crippen MR) is 87.0 cm³/mol. The Morgan fingerprint density at radius 2 is 2.27 bits per heavy atom. The highest BCUT2D eigenvalue weighted by Crippen LogP contribution is 2.32. The lowest BCUT2D eigenvalue weighted by molar-refractivity contribution is -0.104. The summed E-state index contributed by atoms with van der Waals surface area (Å²) in [6.45, 7) is 3.96. The second-order valence-corrected chi connectivity index (χ2v) is 5.50. The van der Waals surface area contributed by atoms with Gasteiger partial charge in [-0.1, -0.05) is 13.3 Å². The maximum atomic E-state index is 11.4. The molecule has 0 unspecified atom stereocenters. The van der Waals surface area contributed by atoms with Gasteiger partial charge in [0.2, 0.25) is 0 Å². The molecule has 0 radical (unpaired) electrons. The highest BCUT2D eigenvalue weighted by atomic mass is 16.1. The summed E-state index contributed by atoms with van der Waals surface area (Å²) in [7, 11) is 1.81. The molecular formula is C17H22N4O. The predicted octanol–water partition coefficient (Wildman–Crippen LogP) is 2.68. The van der Waals surface area contributed by atoms with Gasteiger partial charge >= 0.3 is 0 Å². The van der Waals surface area contributed by atoms with E-state index >= 15 is 0 Å². The van der Waals surface area contributed by atoms with Crippen LogP contribution in [0.2, 0.25) is 0 Å². The number of hydrogen-bond acceptors (Lipinski definition) is 5. The number of pyridine rings is 1. The summed E-state index contributed by atoms with van der Waals surface area (Å²) >= 11 is 0. The molecule has 1 aromatic heterocycles. The van der Waals surface area contributed by atoms with E-state index in [2.05, 4.69) is 22.1 Å². The smallest absolute Gasteiger partial charge is 0.162 e. The van der Waals surface area contributed by atoms with E-state index in [1.54, 1.807) is 12.4 Å². The van der Waals surface area contributed by atoms with Crippen molar-refractivity contribution in [2.45, 2.75) is 26.2 Å². The van der Waals surface area contributed by atoms with Crippen LogP contribution in [0.15, 0.2) is 24.0 Å². The minimum Gasteiger partial charge on any atom is -0.386 e. The Labute approximate surface area is 131 Å².